The molecule has 0 bridgehead atoms. The minimum atomic E-state index is -0.659. The molecule has 0 spiro atoms. The highest BCUT2D eigenvalue weighted by atomic mass is 16.6. The molecule has 23 heavy (non-hydrogen) atoms. The summed E-state index contributed by atoms with van der Waals surface area (Å²) in [5.74, 6) is -0.343. The van der Waals surface area contributed by atoms with Gasteiger partial charge in [0.05, 0.1) is 0 Å². The molecule has 1 aromatic carbocycles. The Morgan fingerprint density at radius 1 is 1.22 bits per heavy atom. The minimum Gasteiger partial charge on any atom is -0.458 e. The Morgan fingerprint density at radius 2 is 1.87 bits per heavy atom. The predicted molar refractivity (Wildman–Crippen MR) is 94.2 cm³/mol. The fourth-order valence-electron chi connectivity index (χ4n) is 3.28. The number of nitrogens with two attached hydrogens (primary N) is 1. The molecule has 0 saturated carbocycles. The van der Waals surface area contributed by atoms with E-state index in [-0.39, 0.29) is 11.4 Å². The molecule has 126 valence electrons. The molecular formula is C19H28N2O2. The lowest BCUT2D eigenvalue weighted by Gasteiger charge is -2.33. The van der Waals surface area contributed by atoms with Crippen molar-refractivity contribution in [1.82, 2.24) is 4.98 Å². The number of carbonyl (C=O) groups is 1. The van der Waals surface area contributed by atoms with Crippen molar-refractivity contribution in [2.45, 2.75) is 59.1 Å². The van der Waals surface area contributed by atoms with Crippen LogP contribution in [0.2, 0.25) is 0 Å². The zero-order valence-electron chi connectivity index (χ0n) is 14.8. The fourth-order valence-corrected chi connectivity index (χ4v) is 3.28. The number of esters is 1. The van der Waals surface area contributed by atoms with E-state index in [4.69, 9.17) is 10.5 Å². The first kappa shape index (κ1) is 17.5. The first-order chi connectivity index (χ1) is 10.6. The number of aromatic nitrogens is 1. The number of para-hydroxylation sites is 1. The quantitative estimate of drug-likeness (QED) is 0.825. The molecule has 2 aromatic rings. The van der Waals surface area contributed by atoms with Gasteiger partial charge in [-0.25, -0.2) is 0 Å². The van der Waals surface area contributed by atoms with E-state index in [1.165, 1.54) is 0 Å². The largest absolute Gasteiger partial charge is 0.458 e. The number of hydrogen-bond donors (Lipinski definition) is 2. The van der Waals surface area contributed by atoms with Crippen molar-refractivity contribution < 1.29 is 9.53 Å². The Bertz CT molecular complexity index is 680. The van der Waals surface area contributed by atoms with Crippen molar-refractivity contribution in [3.63, 3.8) is 0 Å². The maximum absolute atomic E-state index is 12.3. The Balaban J connectivity index is 2.03. The van der Waals surface area contributed by atoms with Gasteiger partial charge in [0.2, 0.25) is 0 Å². The average molecular weight is 316 g/mol. The molecule has 3 N–H and O–H groups in total. The second-order valence-corrected chi connectivity index (χ2v) is 8.09. The number of hydrogen-bond acceptors (Lipinski definition) is 3. The van der Waals surface area contributed by atoms with Crippen molar-refractivity contribution >= 4 is 16.9 Å². The molecule has 0 saturated heterocycles. The second-order valence-electron chi connectivity index (χ2n) is 8.09. The SMILES string of the molecule is CC(C)(C)CC(C)(C)OC(=O)C(N)Cc1c[nH]c2ccccc12. The van der Waals surface area contributed by atoms with E-state index in [1.807, 2.05) is 44.3 Å². The number of nitrogens with one attached hydrogen (secondary N) is 1. The van der Waals surface area contributed by atoms with Crippen molar-refractivity contribution in [1.29, 1.82) is 0 Å². The van der Waals surface area contributed by atoms with E-state index < -0.39 is 11.6 Å². The first-order valence-electron chi connectivity index (χ1n) is 8.11. The van der Waals surface area contributed by atoms with Crippen LogP contribution in [0.3, 0.4) is 0 Å². The van der Waals surface area contributed by atoms with Gasteiger partial charge in [-0.15, -0.1) is 0 Å². The molecule has 1 heterocycles. The Labute approximate surface area is 138 Å². The van der Waals surface area contributed by atoms with E-state index >= 15 is 0 Å². The van der Waals surface area contributed by atoms with E-state index in [2.05, 4.69) is 25.8 Å². The highest BCUT2D eigenvalue weighted by Crippen LogP contribution is 2.30. The number of aromatic amines is 1. The van der Waals surface area contributed by atoms with Crippen LogP contribution < -0.4 is 5.73 Å². The zero-order valence-corrected chi connectivity index (χ0v) is 14.8. The van der Waals surface area contributed by atoms with Gasteiger partial charge in [0.15, 0.2) is 0 Å². The predicted octanol–water partition coefficient (Wildman–Crippen LogP) is 3.80. The van der Waals surface area contributed by atoms with Crippen LogP contribution in [-0.4, -0.2) is 22.6 Å². The molecule has 1 aromatic heterocycles. The average Bonchev–Trinajstić information content (AvgIpc) is 2.78. The fraction of sp³-hybridized carbons (Fsp3) is 0.526. The maximum Gasteiger partial charge on any atom is 0.323 e. The smallest absolute Gasteiger partial charge is 0.323 e. The molecule has 0 amide bonds. The van der Waals surface area contributed by atoms with Gasteiger partial charge in [-0.3, -0.25) is 4.79 Å². The minimum absolute atomic E-state index is 0.0880. The number of carbonyl (C=O) groups excluding carboxylic acids is 1. The van der Waals surface area contributed by atoms with Crippen LogP contribution in [-0.2, 0) is 16.0 Å². The van der Waals surface area contributed by atoms with Gasteiger partial charge >= 0.3 is 5.97 Å². The third kappa shape index (κ3) is 4.83. The third-order valence-corrected chi connectivity index (χ3v) is 3.75. The number of ether oxygens (including phenoxy) is 1. The molecule has 0 fully saturated rings. The Morgan fingerprint density at radius 3 is 2.52 bits per heavy atom. The molecule has 0 radical (unpaired) electrons. The number of H-pyrrole nitrogens is 1. The van der Waals surface area contributed by atoms with Gasteiger partial charge in [-0.1, -0.05) is 39.0 Å². The lowest BCUT2D eigenvalue weighted by atomic mass is 9.83. The van der Waals surface area contributed by atoms with Gasteiger partial charge in [0.25, 0.3) is 0 Å². The van der Waals surface area contributed by atoms with Crippen molar-refractivity contribution in [2.75, 3.05) is 0 Å². The van der Waals surface area contributed by atoms with Gasteiger partial charge in [0, 0.05) is 23.5 Å². The zero-order chi connectivity index (χ0) is 17.3. The maximum atomic E-state index is 12.3. The van der Waals surface area contributed by atoms with E-state index in [9.17, 15) is 4.79 Å². The van der Waals surface area contributed by atoms with Crippen LogP contribution >= 0.6 is 0 Å². The summed E-state index contributed by atoms with van der Waals surface area (Å²) in [6, 6.07) is 7.34. The van der Waals surface area contributed by atoms with Crippen LogP contribution in [0.4, 0.5) is 0 Å². The summed E-state index contributed by atoms with van der Waals surface area (Å²) in [5.41, 5.74) is 7.74. The van der Waals surface area contributed by atoms with Crippen LogP contribution in [0.1, 0.15) is 46.6 Å². The molecule has 4 nitrogen and oxygen atoms in total. The van der Waals surface area contributed by atoms with Crippen LogP contribution in [0, 0.1) is 5.41 Å². The van der Waals surface area contributed by atoms with E-state index in [1.54, 1.807) is 0 Å². The summed E-state index contributed by atoms with van der Waals surface area (Å²) in [6.07, 6.45) is 3.16. The molecule has 1 atom stereocenters. The molecule has 2 rings (SSSR count). The van der Waals surface area contributed by atoms with Crippen LogP contribution in [0.15, 0.2) is 30.5 Å². The van der Waals surface area contributed by atoms with Crippen LogP contribution in [0.5, 0.6) is 0 Å². The van der Waals surface area contributed by atoms with Crippen LogP contribution in [0.25, 0.3) is 10.9 Å². The lowest BCUT2D eigenvalue weighted by Crippen LogP contribution is -2.41. The monoisotopic (exact) mass is 316 g/mol. The summed E-state index contributed by atoms with van der Waals surface area (Å²) >= 11 is 0. The second kappa shape index (κ2) is 6.36. The van der Waals surface area contributed by atoms with Gasteiger partial charge in [0.1, 0.15) is 11.6 Å². The van der Waals surface area contributed by atoms with Gasteiger partial charge < -0.3 is 15.5 Å². The Hall–Kier alpha value is -1.81. The number of benzene rings is 1. The normalized spacial score (nSPS) is 14.0. The van der Waals surface area contributed by atoms with E-state index in [0.29, 0.717) is 6.42 Å². The van der Waals surface area contributed by atoms with Crippen molar-refractivity contribution in [3.05, 3.63) is 36.0 Å². The standard InChI is InChI=1S/C19H28N2O2/c1-18(2,3)12-19(4,5)23-17(22)15(20)10-13-11-21-16-9-7-6-8-14(13)16/h6-9,11,15,21H,10,12,20H2,1-5H3. The molecular weight excluding hydrogens is 288 g/mol. The third-order valence-electron chi connectivity index (χ3n) is 3.75. The Kier molecular flexibility index (Phi) is 4.85. The van der Waals surface area contributed by atoms with Crippen molar-refractivity contribution in [3.8, 4) is 0 Å². The highest BCUT2D eigenvalue weighted by molar-refractivity contribution is 5.84. The summed E-state index contributed by atoms with van der Waals surface area (Å²) in [5, 5.41) is 1.10. The highest BCUT2D eigenvalue weighted by Gasteiger charge is 2.31. The van der Waals surface area contributed by atoms with Gasteiger partial charge in [-0.2, -0.15) is 0 Å². The van der Waals surface area contributed by atoms with E-state index in [0.717, 1.165) is 22.9 Å². The summed E-state index contributed by atoms with van der Waals surface area (Å²) in [7, 11) is 0. The molecule has 1 unspecified atom stereocenters. The molecule has 0 aliphatic heterocycles. The van der Waals surface area contributed by atoms with Crippen molar-refractivity contribution in [2.24, 2.45) is 11.1 Å². The summed E-state index contributed by atoms with van der Waals surface area (Å²) in [6.45, 7) is 10.3. The first-order valence-corrected chi connectivity index (χ1v) is 8.11. The summed E-state index contributed by atoms with van der Waals surface area (Å²) in [4.78, 5) is 15.6. The lowest BCUT2D eigenvalue weighted by molar-refractivity contribution is -0.160. The molecule has 0 aliphatic carbocycles. The number of fused-ring (bicyclic) bond motifs is 1. The molecule has 4 heteroatoms. The van der Waals surface area contributed by atoms with Gasteiger partial charge in [-0.05, 0) is 37.3 Å². The number of rotatable bonds is 5. The summed E-state index contributed by atoms with van der Waals surface area (Å²) < 4.78 is 5.66. The molecule has 0 aliphatic rings. The topological polar surface area (TPSA) is 68.1 Å².